The average Bonchev–Trinajstić information content (AvgIpc) is 2.90. The van der Waals surface area contributed by atoms with E-state index in [9.17, 15) is 0 Å². The molecule has 96 valence electrons. The van der Waals surface area contributed by atoms with Crippen LogP contribution in [0.25, 0.3) is 11.0 Å². The Hall–Kier alpha value is -2.33. The molecule has 4 nitrogen and oxygen atoms in total. The summed E-state index contributed by atoms with van der Waals surface area (Å²) >= 11 is 0. The van der Waals surface area contributed by atoms with Crippen LogP contribution in [0.5, 0.6) is 5.75 Å². The van der Waals surface area contributed by atoms with Crippen LogP contribution in [0.3, 0.4) is 0 Å². The van der Waals surface area contributed by atoms with Crippen molar-refractivity contribution in [2.45, 2.75) is 6.04 Å². The summed E-state index contributed by atoms with van der Waals surface area (Å²) in [6.45, 7) is 0. The van der Waals surface area contributed by atoms with Crippen LogP contribution >= 0.6 is 0 Å². The minimum atomic E-state index is -0.441. The van der Waals surface area contributed by atoms with Crippen molar-refractivity contribution in [1.29, 1.82) is 0 Å². The molecule has 0 aliphatic rings. The quantitative estimate of drug-likeness (QED) is 0.780. The lowest BCUT2D eigenvalue weighted by molar-refractivity contribution is 0.400. The van der Waals surface area contributed by atoms with E-state index in [-0.39, 0.29) is 0 Å². The van der Waals surface area contributed by atoms with E-state index in [1.807, 2.05) is 42.5 Å². The Bertz CT molecular complexity index is 673. The van der Waals surface area contributed by atoms with Gasteiger partial charge in [0.25, 0.3) is 0 Å². The minimum Gasteiger partial charge on any atom is -0.495 e. The normalized spacial score (nSPS) is 12.5. The number of nitrogens with two attached hydrogens (primary N) is 1. The van der Waals surface area contributed by atoms with Crippen LogP contribution in [-0.2, 0) is 0 Å². The van der Waals surface area contributed by atoms with Gasteiger partial charge in [0, 0.05) is 11.6 Å². The number of benzene rings is 1. The zero-order valence-corrected chi connectivity index (χ0v) is 10.5. The number of hydrogen-bond acceptors (Lipinski definition) is 4. The molecule has 0 aliphatic carbocycles. The van der Waals surface area contributed by atoms with Crippen molar-refractivity contribution < 1.29 is 9.15 Å². The van der Waals surface area contributed by atoms with Crippen molar-refractivity contribution in [3.63, 3.8) is 0 Å². The number of hydrogen-bond donors (Lipinski definition) is 1. The highest BCUT2D eigenvalue weighted by atomic mass is 16.5. The molecule has 3 rings (SSSR count). The fraction of sp³-hybridized carbons (Fsp3) is 0.133. The maximum absolute atomic E-state index is 6.22. The molecular weight excluding hydrogens is 240 g/mol. The number of para-hydroxylation sites is 1. The molecule has 0 saturated heterocycles. The van der Waals surface area contributed by atoms with E-state index in [1.54, 1.807) is 13.3 Å². The molecular formula is C15H14N2O2. The first-order chi connectivity index (χ1) is 9.29. The number of furan rings is 1. The smallest absolute Gasteiger partial charge is 0.142 e. The first kappa shape index (κ1) is 11.7. The number of fused-ring (bicyclic) bond motifs is 1. The number of pyridine rings is 1. The van der Waals surface area contributed by atoms with Gasteiger partial charge >= 0.3 is 0 Å². The van der Waals surface area contributed by atoms with E-state index >= 15 is 0 Å². The second-order valence-corrected chi connectivity index (χ2v) is 4.26. The van der Waals surface area contributed by atoms with Gasteiger partial charge in [-0.25, -0.2) is 0 Å². The Morgan fingerprint density at radius 1 is 1.21 bits per heavy atom. The standard InChI is InChI=1S/C15H14N2O2/c1-18-12-7-4-8-17-15(12)14(16)13-9-10-5-2-3-6-11(10)19-13/h2-9,14H,16H2,1H3. The second-order valence-electron chi connectivity index (χ2n) is 4.26. The van der Waals surface area contributed by atoms with E-state index in [0.717, 1.165) is 11.0 Å². The second kappa shape index (κ2) is 4.74. The summed E-state index contributed by atoms with van der Waals surface area (Å²) in [5.41, 5.74) is 7.71. The molecule has 0 radical (unpaired) electrons. The third-order valence-corrected chi connectivity index (χ3v) is 3.07. The van der Waals surface area contributed by atoms with Crippen LogP contribution in [0, 0.1) is 0 Å². The average molecular weight is 254 g/mol. The molecule has 2 aromatic heterocycles. The fourth-order valence-corrected chi connectivity index (χ4v) is 2.10. The molecule has 19 heavy (non-hydrogen) atoms. The first-order valence-corrected chi connectivity index (χ1v) is 6.02. The maximum Gasteiger partial charge on any atom is 0.142 e. The molecule has 1 aromatic carbocycles. The summed E-state index contributed by atoms with van der Waals surface area (Å²) in [7, 11) is 1.60. The highest BCUT2D eigenvalue weighted by Gasteiger charge is 2.19. The van der Waals surface area contributed by atoms with Gasteiger partial charge in [0.05, 0.1) is 7.11 Å². The van der Waals surface area contributed by atoms with Crippen molar-refractivity contribution in [3.05, 3.63) is 60.1 Å². The van der Waals surface area contributed by atoms with Gasteiger partial charge in [0.1, 0.15) is 28.8 Å². The summed E-state index contributed by atoms with van der Waals surface area (Å²) < 4.78 is 11.0. The SMILES string of the molecule is COc1cccnc1C(N)c1cc2ccccc2o1. The van der Waals surface area contributed by atoms with Crippen molar-refractivity contribution in [3.8, 4) is 5.75 Å². The van der Waals surface area contributed by atoms with Gasteiger partial charge in [-0.3, -0.25) is 4.98 Å². The Balaban J connectivity index is 2.05. The van der Waals surface area contributed by atoms with Crippen LogP contribution in [0.2, 0.25) is 0 Å². The van der Waals surface area contributed by atoms with Crippen LogP contribution in [0.1, 0.15) is 17.5 Å². The highest BCUT2D eigenvalue weighted by Crippen LogP contribution is 2.29. The molecule has 2 N–H and O–H groups in total. The minimum absolute atomic E-state index is 0.441. The van der Waals surface area contributed by atoms with Crippen LogP contribution in [0.15, 0.2) is 53.1 Å². The summed E-state index contributed by atoms with van der Waals surface area (Å²) in [5.74, 6) is 1.34. The summed E-state index contributed by atoms with van der Waals surface area (Å²) in [4.78, 5) is 4.29. The molecule has 4 heteroatoms. The Kier molecular flexibility index (Phi) is 2.93. The van der Waals surface area contributed by atoms with Gasteiger partial charge in [-0.05, 0) is 24.3 Å². The highest BCUT2D eigenvalue weighted by molar-refractivity contribution is 5.77. The maximum atomic E-state index is 6.22. The number of nitrogens with zero attached hydrogens (tertiary/aromatic N) is 1. The molecule has 0 bridgehead atoms. The van der Waals surface area contributed by atoms with E-state index in [1.165, 1.54) is 0 Å². The third-order valence-electron chi connectivity index (χ3n) is 3.07. The molecule has 1 atom stereocenters. The van der Waals surface area contributed by atoms with Gasteiger partial charge in [-0.15, -0.1) is 0 Å². The predicted octanol–water partition coefficient (Wildman–Crippen LogP) is 2.88. The van der Waals surface area contributed by atoms with Crippen molar-refractivity contribution in [2.75, 3.05) is 7.11 Å². The van der Waals surface area contributed by atoms with Gasteiger partial charge in [-0.2, -0.15) is 0 Å². The van der Waals surface area contributed by atoms with Gasteiger partial charge < -0.3 is 14.9 Å². The summed E-state index contributed by atoms with van der Waals surface area (Å²) in [6, 6.07) is 13.0. The van der Waals surface area contributed by atoms with E-state index in [2.05, 4.69) is 4.98 Å². The Morgan fingerprint density at radius 2 is 2.05 bits per heavy atom. The monoisotopic (exact) mass is 254 g/mol. The number of ether oxygens (including phenoxy) is 1. The van der Waals surface area contributed by atoms with Crippen molar-refractivity contribution in [1.82, 2.24) is 4.98 Å². The lowest BCUT2D eigenvalue weighted by Crippen LogP contribution is -2.13. The fourth-order valence-electron chi connectivity index (χ4n) is 2.10. The lowest BCUT2D eigenvalue weighted by atomic mass is 10.1. The van der Waals surface area contributed by atoms with E-state index < -0.39 is 6.04 Å². The molecule has 2 heterocycles. The molecule has 1 unspecified atom stereocenters. The summed E-state index contributed by atoms with van der Waals surface area (Å²) in [5, 5.41) is 1.03. The molecule has 0 amide bonds. The van der Waals surface area contributed by atoms with Crippen LogP contribution in [-0.4, -0.2) is 12.1 Å². The molecule has 3 aromatic rings. The molecule has 0 fully saturated rings. The number of aromatic nitrogens is 1. The molecule has 0 saturated carbocycles. The lowest BCUT2D eigenvalue weighted by Gasteiger charge is -2.11. The van der Waals surface area contributed by atoms with Crippen LogP contribution < -0.4 is 10.5 Å². The van der Waals surface area contributed by atoms with Gasteiger partial charge in [0.2, 0.25) is 0 Å². The largest absolute Gasteiger partial charge is 0.495 e. The number of methoxy groups -OCH3 is 1. The van der Waals surface area contributed by atoms with Crippen molar-refractivity contribution >= 4 is 11.0 Å². The molecule has 0 aliphatic heterocycles. The van der Waals surface area contributed by atoms with E-state index in [4.69, 9.17) is 14.9 Å². The Labute approximate surface area is 110 Å². The van der Waals surface area contributed by atoms with Gasteiger partial charge in [-0.1, -0.05) is 18.2 Å². The first-order valence-electron chi connectivity index (χ1n) is 6.02. The zero-order chi connectivity index (χ0) is 13.2. The Morgan fingerprint density at radius 3 is 2.84 bits per heavy atom. The van der Waals surface area contributed by atoms with E-state index in [0.29, 0.717) is 17.2 Å². The number of rotatable bonds is 3. The molecule has 0 spiro atoms. The zero-order valence-electron chi connectivity index (χ0n) is 10.5. The summed E-state index contributed by atoms with van der Waals surface area (Å²) in [6.07, 6.45) is 1.69. The van der Waals surface area contributed by atoms with Crippen LogP contribution in [0.4, 0.5) is 0 Å². The third kappa shape index (κ3) is 2.06. The van der Waals surface area contributed by atoms with Crippen molar-refractivity contribution in [2.24, 2.45) is 5.73 Å². The topological polar surface area (TPSA) is 61.3 Å². The van der Waals surface area contributed by atoms with Gasteiger partial charge in [0.15, 0.2) is 0 Å². The predicted molar refractivity (Wildman–Crippen MR) is 73.0 cm³/mol.